The van der Waals surface area contributed by atoms with Gasteiger partial charge in [-0.05, 0) is 30.9 Å². The molecule has 0 aromatic heterocycles. The molecule has 1 N–H and O–H groups in total. The molecule has 1 saturated heterocycles. The molecule has 2 rings (SSSR count). The van der Waals surface area contributed by atoms with Crippen molar-refractivity contribution in [1.82, 2.24) is 9.80 Å². The van der Waals surface area contributed by atoms with E-state index in [1.165, 1.54) is 0 Å². The number of aliphatic hydroxyl groups is 1. The van der Waals surface area contributed by atoms with Gasteiger partial charge in [0.2, 0.25) is 5.91 Å². The second-order valence-electron chi connectivity index (χ2n) is 7.03. The smallest absolute Gasteiger partial charge is 0.227 e. The number of hydrogen-bond acceptors (Lipinski definition) is 3. The fraction of sp³-hybridized carbons (Fsp3) is 0.632. The summed E-state index contributed by atoms with van der Waals surface area (Å²) in [7, 11) is 1.88. The molecule has 1 aliphatic heterocycles. The van der Waals surface area contributed by atoms with Crippen LogP contribution in [0.2, 0.25) is 0 Å². The number of nitrogens with zero attached hydrogens (tertiary/aromatic N) is 2. The van der Waals surface area contributed by atoms with Crippen LogP contribution in [-0.4, -0.2) is 54.1 Å². The predicted molar refractivity (Wildman–Crippen MR) is 93.0 cm³/mol. The van der Waals surface area contributed by atoms with Gasteiger partial charge in [-0.25, -0.2) is 0 Å². The lowest BCUT2D eigenvalue weighted by Crippen LogP contribution is -2.38. The molecule has 23 heavy (non-hydrogen) atoms. The summed E-state index contributed by atoms with van der Waals surface area (Å²) in [4.78, 5) is 17.1. The third-order valence-electron chi connectivity index (χ3n) is 4.65. The number of amides is 1. The SMILES string of the molecule is CC(C)CN1CCC(C(=O)N(C)C(CCO)c2ccccc2)C1. The number of likely N-dealkylation sites (tertiary alicyclic amines) is 1. The summed E-state index contributed by atoms with van der Waals surface area (Å²) in [5, 5.41) is 9.39. The monoisotopic (exact) mass is 318 g/mol. The van der Waals surface area contributed by atoms with Crippen LogP contribution in [0.4, 0.5) is 0 Å². The van der Waals surface area contributed by atoms with Crippen LogP contribution in [0.3, 0.4) is 0 Å². The molecule has 0 aliphatic carbocycles. The molecule has 1 aromatic carbocycles. The van der Waals surface area contributed by atoms with E-state index in [0.717, 1.165) is 31.6 Å². The van der Waals surface area contributed by atoms with Gasteiger partial charge in [0.1, 0.15) is 0 Å². The first kappa shape index (κ1) is 18.0. The number of rotatable bonds is 7. The van der Waals surface area contributed by atoms with Crippen LogP contribution in [0, 0.1) is 11.8 Å². The highest BCUT2D eigenvalue weighted by Gasteiger charge is 2.32. The summed E-state index contributed by atoms with van der Waals surface area (Å²) in [6, 6.07) is 9.96. The Balaban J connectivity index is 2.02. The van der Waals surface area contributed by atoms with E-state index < -0.39 is 0 Å². The molecule has 0 spiro atoms. The van der Waals surface area contributed by atoms with E-state index in [9.17, 15) is 9.90 Å². The third kappa shape index (κ3) is 4.79. The molecule has 0 bridgehead atoms. The van der Waals surface area contributed by atoms with Crippen LogP contribution in [0.1, 0.15) is 38.3 Å². The van der Waals surface area contributed by atoms with Gasteiger partial charge in [0.25, 0.3) is 0 Å². The summed E-state index contributed by atoms with van der Waals surface area (Å²) in [5.74, 6) is 0.926. The van der Waals surface area contributed by atoms with E-state index in [-0.39, 0.29) is 24.5 Å². The topological polar surface area (TPSA) is 43.8 Å². The highest BCUT2D eigenvalue weighted by molar-refractivity contribution is 5.79. The van der Waals surface area contributed by atoms with Gasteiger partial charge in [-0.2, -0.15) is 0 Å². The Hall–Kier alpha value is -1.39. The van der Waals surface area contributed by atoms with Gasteiger partial charge in [0.05, 0.1) is 12.0 Å². The molecule has 1 heterocycles. The van der Waals surface area contributed by atoms with Gasteiger partial charge in [-0.15, -0.1) is 0 Å². The maximum atomic E-state index is 12.9. The minimum atomic E-state index is -0.0483. The lowest BCUT2D eigenvalue weighted by Gasteiger charge is -2.30. The summed E-state index contributed by atoms with van der Waals surface area (Å²) < 4.78 is 0. The zero-order chi connectivity index (χ0) is 16.8. The zero-order valence-corrected chi connectivity index (χ0v) is 14.6. The molecule has 2 atom stereocenters. The normalized spacial score (nSPS) is 20.0. The first-order valence-corrected chi connectivity index (χ1v) is 8.67. The van der Waals surface area contributed by atoms with Gasteiger partial charge in [-0.3, -0.25) is 4.79 Å². The number of carbonyl (C=O) groups is 1. The van der Waals surface area contributed by atoms with E-state index in [0.29, 0.717) is 12.3 Å². The standard InChI is InChI=1S/C19H30N2O2/c1-15(2)13-21-11-9-17(14-21)19(23)20(3)18(10-12-22)16-7-5-4-6-8-16/h4-8,15,17-18,22H,9-14H2,1-3H3. The first-order valence-electron chi connectivity index (χ1n) is 8.67. The van der Waals surface area contributed by atoms with Crippen LogP contribution in [0.15, 0.2) is 30.3 Å². The molecule has 128 valence electrons. The molecular formula is C19H30N2O2. The van der Waals surface area contributed by atoms with Crippen molar-refractivity contribution in [3.05, 3.63) is 35.9 Å². The van der Waals surface area contributed by atoms with E-state index in [1.54, 1.807) is 0 Å². The highest BCUT2D eigenvalue weighted by atomic mass is 16.3. The average Bonchev–Trinajstić information content (AvgIpc) is 2.99. The van der Waals surface area contributed by atoms with Crippen LogP contribution in [0.5, 0.6) is 0 Å². The Morgan fingerprint density at radius 3 is 2.65 bits per heavy atom. The van der Waals surface area contributed by atoms with Crippen molar-refractivity contribution in [2.75, 3.05) is 33.3 Å². The summed E-state index contributed by atoms with van der Waals surface area (Å²) in [5.41, 5.74) is 1.09. The minimum absolute atomic E-state index is 0.0483. The quantitative estimate of drug-likeness (QED) is 0.840. The van der Waals surface area contributed by atoms with Gasteiger partial charge in [0.15, 0.2) is 0 Å². The van der Waals surface area contributed by atoms with Crippen molar-refractivity contribution in [2.45, 2.75) is 32.7 Å². The van der Waals surface area contributed by atoms with Crippen molar-refractivity contribution in [3.63, 3.8) is 0 Å². The molecule has 1 aliphatic rings. The number of aliphatic hydroxyl groups excluding tert-OH is 1. The Bertz CT molecular complexity index is 489. The second kappa shape index (κ2) is 8.46. The molecule has 2 unspecified atom stereocenters. The molecule has 0 radical (unpaired) electrons. The van der Waals surface area contributed by atoms with Gasteiger partial charge < -0.3 is 14.9 Å². The van der Waals surface area contributed by atoms with Crippen LogP contribution < -0.4 is 0 Å². The van der Waals surface area contributed by atoms with Crippen molar-refractivity contribution in [2.24, 2.45) is 11.8 Å². The molecule has 1 fully saturated rings. The Labute approximate surface area is 140 Å². The number of hydrogen-bond donors (Lipinski definition) is 1. The summed E-state index contributed by atoms with van der Waals surface area (Å²) >= 11 is 0. The molecule has 1 aromatic rings. The van der Waals surface area contributed by atoms with Crippen molar-refractivity contribution >= 4 is 5.91 Å². The summed E-state index contributed by atoms with van der Waals surface area (Å²) in [6.07, 6.45) is 1.52. The molecule has 1 amide bonds. The minimum Gasteiger partial charge on any atom is -0.396 e. The largest absolute Gasteiger partial charge is 0.396 e. The second-order valence-corrected chi connectivity index (χ2v) is 7.03. The van der Waals surface area contributed by atoms with E-state index >= 15 is 0 Å². The van der Waals surface area contributed by atoms with E-state index in [1.807, 2.05) is 42.3 Å². The number of benzene rings is 1. The predicted octanol–water partition coefficient (Wildman–Crippen LogP) is 2.55. The van der Waals surface area contributed by atoms with Crippen LogP contribution in [-0.2, 0) is 4.79 Å². The van der Waals surface area contributed by atoms with Gasteiger partial charge in [0, 0.05) is 26.7 Å². The van der Waals surface area contributed by atoms with Crippen LogP contribution in [0.25, 0.3) is 0 Å². The highest BCUT2D eigenvalue weighted by Crippen LogP contribution is 2.27. The Morgan fingerprint density at radius 2 is 2.04 bits per heavy atom. The Morgan fingerprint density at radius 1 is 1.35 bits per heavy atom. The molecular weight excluding hydrogens is 288 g/mol. The fourth-order valence-electron chi connectivity index (χ4n) is 3.54. The molecule has 4 heteroatoms. The maximum absolute atomic E-state index is 12.9. The van der Waals surface area contributed by atoms with Gasteiger partial charge in [-0.1, -0.05) is 44.2 Å². The third-order valence-corrected chi connectivity index (χ3v) is 4.65. The van der Waals surface area contributed by atoms with E-state index in [4.69, 9.17) is 0 Å². The van der Waals surface area contributed by atoms with Gasteiger partial charge >= 0.3 is 0 Å². The molecule has 0 saturated carbocycles. The zero-order valence-electron chi connectivity index (χ0n) is 14.6. The Kier molecular flexibility index (Phi) is 6.60. The number of carbonyl (C=O) groups excluding carboxylic acids is 1. The molecule has 4 nitrogen and oxygen atoms in total. The summed E-state index contributed by atoms with van der Waals surface area (Å²) in [6.45, 7) is 7.45. The van der Waals surface area contributed by atoms with Crippen molar-refractivity contribution < 1.29 is 9.90 Å². The fourth-order valence-corrected chi connectivity index (χ4v) is 3.54. The van der Waals surface area contributed by atoms with Crippen molar-refractivity contribution in [1.29, 1.82) is 0 Å². The van der Waals surface area contributed by atoms with E-state index in [2.05, 4.69) is 18.7 Å². The average molecular weight is 318 g/mol. The lowest BCUT2D eigenvalue weighted by molar-refractivity contribution is -0.136. The first-order chi connectivity index (χ1) is 11.0. The van der Waals surface area contributed by atoms with Crippen molar-refractivity contribution in [3.8, 4) is 0 Å². The van der Waals surface area contributed by atoms with Crippen LogP contribution >= 0.6 is 0 Å². The lowest BCUT2D eigenvalue weighted by atomic mass is 10.00. The maximum Gasteiger partial charge on any atom is 0.227 e.